The van der Waals surface area contributed by atoms with Crippen molar-refractivity contribution in [2.24, 2.45) is 0 Å². The number of benzene rings is 3. The van der Waals surface area contributed by atoms with Gasteiger partial charge in [0, 0.05) is 24.8 Å². The smallest absolute Gasteiger partial charge is 0.264 e. The van der Waals surface area contributed by atoms with E-state index in [4.69, 9.17) is 11.6 Å². The number of rotatable bonds is 7. The summed E-state index contributed by atoms with van der Waals surface area (Å²) in [7, 11) is -2.40. The number of carbonyl (C=O) groups is 2. The van der Waals surface area contributed by atoms with Crippen LogP contribution in [0.25, 0.3) is 0 Å². The maximum absolute atomic E-state index is 13.2. The van der Waals surface area contributed by atoms with Crippen LogP contribution in [0.4, 0.5) is 11.4 Å². The molecule has 0 aromatic heterocycles. The van der Waals surface area contributed by atoms with Gasteiger partial charge >= 0.3 is 0 Å². The number of sulfonamides is 1. The average Bonchev–Trinajstić information content (AvgIpc) is 2.81. The van der Waals surface area contributed by atoms with Crippen molar-refractivity contribution in [3.05, 3.63) is 88.9 Å². The lowest BCUT2D eigenvalue weighted by molar-refractivity contribution is 0.0961. The minimum absolute atomic E-state index is 0.00184. The predicted octanol–water partition coefficient (Wildman–Crippen LogP) is 4.17. The molecule has 3 rings (SSSR count). The van der Waals surface area contributed by atoms with E-state index in [-0.39, 0.29) is 33.5 Å². The fraction of sp³-hybridized carbons (Fsp3) is 0.130. The molecule has 0 unspecified atom stereocenters. The summed E-state index contributed by atoms with van der Waals surface area (Å²) >= 11 is 6.04. The highest BCUT2D eigenvalue weighted by molar-refractivity contribution is 7.92. The van der Waals surface area contributed by atoms with Crippen LogP contribution in [0.2, 0.25) is 5.02 Å². The first-order valence-electron chi connectivity index (χ1n) is 9.78. The van der Waals surface area contributed by atoms with Gasteiger partial charge in [0.2, 0.25) is 0 Å². The molecule has 0 aliphatic heterocycles. The molecule has 0 heterocycles. The number of nitrogens with zero attached hydrogens (tertiary/aromatic N) is 1. The van der Waals surface area contributed by atoms with Crippen molar-refractivity contribution in [3.63, 3.8) is 0 Å². The fourth-order valence-electron chi connectivity index (χ4n) is 3.13. The molecule has 9 heteroatoms. The summed E-state index contributed by atoms with van der Waals surface area (Å²) in [6.45, 7) is 1.97. The molecule has 0 aliphatic carbocycles. The summed E-state index contributed by atoms with van der Waals surface area (Å²) in [6.07, 6.45) is 0. The molecule has 0 saturated heterocycles. The van der Waals surface area contributed by atoms with Crippen LogP contribution in [-0.4, -0.2) is 33.8 Å². The Morgan fingerprint density at radius 1 is 0.938 bits per heavy atom. The first-order chi connectivity index (χ1) is 15.3. The van der Waals surface area contributed by atoms with E-state index >= 15 is 0 Å². The molecule has 0 bridgehead atoms. The van der Waals surface area contributed by atoms with Crippen LogP contribution < -0.4 is 14.9 Å². The largest absolute Gasteiger partial charge is 0.355 e. The normalized spacial score (nSPS) is 11.0. The number of anilines is 2. The summed E-state index contributed by atoms with van der Waals surface area (Å²) in [5.74, 6) is -0.908. The summed E-state index contributed by atoms with van der Waals surface area (Å²) in [6, 6.07) is 19.1. The molecule has 2 amide bonds. The lowest BCUT2D eigenvalue weighted by Crippen LogP contribution is -2.31. The van der Waals surface area contributed by atoms with Crippen molar-refractivity contribution >= 4 is 44.8 Å². The van der Waals surface area contributed by atoms with Gasteiger partial charge < -0.3 is 10.6 Å². The highest BCUT2D eigenvalue weighted by Crippen LogP contribution is 2.25. The molecule has 0 atom stereocenters. The van der Waals surface area contributed by atoms with E-state index in [0.29, 0.717) is 11.4 Å². The number of amides is 2. The minimum Gasteiger partial charge on any atom is -0.355 e. The Balaban J connectivity index is 1.89. The standard InChI is InChI=1S/C23H22ClN3O4S/c1-3-27(18-9-5-4-6-10-18)32(30,31)19-11-7-8-16(14-19)22(28)26-17-12-13-21(24)20(15-17)23(29)25-2/h4-15H,3H2,1-2H3,(H,25,29)(H,26,28). The number of para-hydroxylation sites is 1. The number of nitrogens with one attached hydrogen (secondary N) is 2. The van der Waals surface area contributed by atoms with E-state index in [9.17, 15) is 18.0 Å². The Kier molecular flexibility index (Phi) is 7.17. The molecular weight excluding hydrogens is 450 g/mol. The second-order valence-electron chi connectivity index (χ2n) is 6.76. The van der Waals surface area contributed by atoms with Gasteiger partial charge in [0.1, 0.15) is 0 Å². The zero-order valence-corrected chi connectivity index (χ0v) is 19.1. The molecule has 166 valence electrons. The Morgan fingerprint density at radius 3 is 2.31 bits per heavy atom. The molecule has 2 N–H and O–H groups in total. The lowest BCUT2D eigenvalue weighted by Gasteiger charge is -2.23. The molecule has 0 saturated carbocycles. The number of carbonyl (C=O) groups excluding carboxylic acids is 2. The third-order valence-corrected chi connectivity index (χ3v) is 6.94. The molecule has 0 aliphatic rings. The van der Waals surface area contributed by atoms with Crippen molar-refractivity contribution in [3.8, 4) is 0 Å². The molecule has 0 spiro atoms. The van der Waals surface area contributed by atoms with Crippen LogP contribution in [0.5, 0.6) is 0 Å². The average molecular weight is 472 g/mol. The first-order valence-corrected chi connectivity index (χ1v) is 11.6. The minimum atomic E-state index is -3.88. The van der Waals surface area contributed by atoms with Gasteiger partial charge in [-0.3, -0.25) is 13.9 Å². The van der Waals surface area contributed by atoms with Crippen LogP contribution in [0.15, 0.2) is 77.7 Å². The fourth-order valence-corrected chi connectivity index (χ4v) is 4.85. The third-order valence-electron chi connectivity index (χ3n) is 4.71. The molecular formula is C23H22ClN3O4S. The SMILES string of the molecule is CCN(c1ccccc1)S(=O)(=O)c1cccc(C(=O)Nc2ccc(Cl)c(C(=O)NC)c2)c1. The van der Waals surface area contributed by atoms with Crippen molar-refractivity contribution in [1.82, 2.24) is 5.32 Å². The zero-order valence-electron chi connectivity index (χ0n) is 17.5. The van der Waals surface area contributed by atoms with Crippen molar-refractivity contribution in [1.29, 1.82) is 0 Å². The maximum atomic E-state index is 13.2. The van der Waals surface area contributed by atoms with E-state index in [0.717, 1.165) is 0 Å². The van der Waals surface area contributed by atoms with E-state index in [1.54, 1.807) is 43.3 Å². The zero-order chi connectivity index (χ0) is 23.3. The Labute approximate surface area is 192 Å². The van der Waals surface area contributed by atoms with Crippen LogP contribution in [-0.2, 0) is 10.0 Å². The predicted molar refractivity (Wildman–Crippen MR) is 126 cm³/mol. The summed E-state index contributed by atoms with van der Waals surface area (Å²) in [4.78, 5) is 24.7. The van der Waals surface area contributed by atoms with Gasteiger partial charge in [-0.05, 0) is 55.5 Å². The van der Waals surface area contributed by atoms with Gasteiger partial charge in [0.25, 0.3) is 21.8 Å². The van der Waals surface area contributed by atoms with Crippen LogP contribution in [0, 0.1) is 0 Å². The number of hydrogen-bond acceptors (Lipinski definition) is 4. The van der Waals surface area contributed by atoms with Crippen molar-refractivity contribution in [2.45, 2.75) is 11.8 Å². The van der Waals surface area contributed by atoms with Gasteiger partial charge in [-0.2, -0.15) is 0 Å². The Morgan fingerprint density at radius 2 is 1.66 bits per heavy atom. The van der Waals surface area contributed by atoms with Gasteiger partial charge in [0.05, 0.1) is 21.2 Å². The van der Waals surface area contributed by atoms with E-state index in [1.165, 1.54) is 47.8 Å². The van der Waals surface area contributed by atoms with Gasteiger partial charge in [-0.15, -0.1) is 0 Å². The summed E-state index contributed by atoms with van der Waals surface area (Å²) < 4.78 is 27.7. The van der Waals surface area contributed by atoms with E-state index < -0.39 is 15.9 Å². The van der Waals surface area contributed by atoms with Crippen LogP contribution in [0.3, 0.4) is 0 Å². The second kappa shape index (κ2) is 9.84. The van der Waals surface area contributed by atoms with Crippen LogP contribution >= 0.6 is 11.6 Å². The molecule has 0 fully saturated rings. The highest BCUT2D eigenvalue weighted by Gasteiger charge is 2.24. The topological polar surface area (TPSA) is 95.6 Å². The Hall–Kier alpha value is -3.36. The van der Waals surface area contributed by atoms with Gasteiger partial charge in [-0.25, -0.2) is 8.42 Å². The maximum Gasteiger partial charge on any atom is 0.264 e. The molecule has 3 aromatic carbocycles. The monoisotopic (exact) mass is 471 g/mol. The van der Waals surface area contributed by atoms with Gasteiger partial charge in [0.15, 0.2) is 0 Å². The van der Waals surface area contributed by atoms with E-state index in [2.05, 4.69) is 10.6 Å². The van der Waals surface area contributed by atoms with Crippen molar-refractivity contribution < 1.29 is 18.0 Å². The number of hydrogen-bond donors (Lipinski definition) is 2. The summed E-state index contributed by atoms with van der Waals surface area (Å²) in [5, 5.41) is 5.40. The van der Waals surface area contributed by atoms with Crippen LogP contribution in [0.1, 0.15) is 27.6 Å². The lowest BCUT2D eigenvalue weighted by atomic mass is 10.1. The van der Waals surface area contributed by atoms with Crippen molar-refractivity contribution in [2.75, 3.05) is 23.2 Å². The molecule has 7 nitrogen and oxygen atoms in total. The number of halogens is 1. The first kappa shape index (κ1) is 23.3. The third kappa shape index (κ3) is 4.92. The second-order valence-corrected chi connectivity index (χ2v) is 9.03. The summed E-state index contributed by atoms with van der Waals surface area (Å²) in [5.41, 5.74) is 1.26. The molecule has 3 aromatic rings. The Bertz CT molecular complexity index is 1250. The molecule has 0 radical (unpaired) electrons. The highest BCUT2D eigenvalue weighted by atomic mass is 35.5. The molecule has 32 heavy (non-hydrogen) atoms. The quantitative estimate of drug-likeness (QED) is 0.540. The van der Waals surface area contributed by atoms with E-state index in [1.807, 2.05) is 0 Å². The van der Waals surface area contributed by atoms with Gasteiger partial charge in [-0.1, -0.05) is 35.9 Å².